The summed E-state index contributed by atoms with van der Waals surface area (Å²) in [4.78, 5) is 50.1. The number of anilines is 2. The molecule has 33 heavy (non-hydrogen) atoms. The Bertz CT molecular complexity index is 995. The normalized spacial score (nSPS) is 15.2. The van der Waals surface area contributed by atoms with Crippen molar-refractivity contribution in [3.05, 3.63) is 41.7 Å². The van der Waals surface area contributed by atoms with Crippen molar-refractivity contribution in [2.45, 2.75) is 45.6 Å². The summed E-state index contributed by atoms with van der Waals surface area (Å²) in [6.07, 6.45) is 1.63. The average molecular weight is 456 g/mol. The van der Waals surface area contributed by atoms with Crippen LogP contribution in [0.1, 0.15) is 48.7 Å². The number of benzene rings is 1. The Labute approximate surface area is 191 Å². The number of ketones is 1. The van der Waals surface area contributed by atoms with Crippen molar-refractivity contribution in [3.63, 3.8) is 0 Å². The lowest BCUT2D eigenvalue weighted by molar-refractivity contribution is -0.125. The van der Waals surface area contributed by atoms with Crippen molar-refractivity contribution >= 4 is 35.0 Å². The van der Waals surface area contributed by atoms with Crippen LogP contribution in [0, 0.1) is 6.92 Å². The summed E-state index contributed by atoms with van der Waals surface area (Å²) in [5.41, 5.74) is 1.06. The van der Waals surface area contributed by atoms with E-state index in [4.69, 9.17) is 9.26 Å². The minimum atomic E-state index is -0.433. The maximum Gasteiger partial charge on any atom is 0.240 e. The van der Waals surface area contributed by atoms with Crippen LogP contribution >= 0.6 is 0 Å². The third kappa shape index (κ3) is 7.25. The van der Waals surface area contributed by atoms with Gasteiger partial charge in [0.1, 0.15) is 12.3 Å². The van der Waals surface area contributed by atoms with Gasteiger partial charge in [-0.15, -0.1) is 0 Å². The number of amides is 3. The molecule has 3 amide bonds. The monoisotopic (exact) mass is 456 g/mol. The first kappa shape index (κ1) is 24.1. The fourth-order valence-electron chi connectivity index (χ4n) is 3.38. The van der Waals surface area contributed by atoms with Crippen LogP contribution in [0.5, 0.6) is 0 Å². The number of aromatic nitrogens is 1. The second kappa shape index (κ2) is 11.4. The highest BCUT2D eigenvalue weighted by Crippen LogP contribution is 2.17. The van der Waals surface area contributed by atoms with Crippen LogP contribution in [0.3, 0.4) is 0 Å². The van der Waals surface area contributed by atoms with Crippen LogP contribution in [-0.2, 0) is 19.1 Å². The van der Waals surface area contributed by atoms with Gasteiger partial charge in [-0.1, -0.05) is 5.16 Å². The average Bonchev–Trinajstić information content (AvgIpc) is 3.46. The van der Waals surface area contributed by atoms with E-state index in [1.807, 2.05) is 0 Å². The zero-order chi connectivity index (χ0) is 23.8. The molecule has 0 aliphatic carbocycles. The summed E-state index contributed by atoms with van der Waals surface area (Å²) in [5.74, 6) is -0.508. The second-order valence-electron chi connectivity index (χ2n) is 7.90. The van der Waals surface area contributed by atoms with Gasteiger partial charge in [0.05, 0.1) is 6.10 Å². The number of aryl methyl sites for hydroxylation is 1. The summed E-state index contributed by atoms with van der Waals surface area (Å²) < 4.78 is 10.5. The highest BCUT2D eigenvalue weighted by molar-refractivity contribution is 6.01. The molecular formula is C23H28N4O6. The fourth-order valence-corrected chi connectivity index (χ4v) is 3.38. The molecule has 10 heteroatoms. The van der Waals surface area contributed by atoms with E-state index in [0.717, 1.165) is 12.8 Å². The van der Waals surface area contributed by atoms with Crippen LogP contribution in [-0.4, -0.2) is 54.5 Å². The van der Waals surface area contributed by atoms with E-state index in [9.17, 15) is 19.2 Å². The predicted molar refractivity (Wildman–Crippen MR) is 120 cm³/mol. The number of carbonyl (C=O) groups is 4. The third-order valence-corrected chi connectivity index (χ3v) is 5.19. The lowest BCUT2D eigenvalue weighted by atomic mass is 10.1. The summed E-state index contributed by atoms with van der Waals surface area (Å²) in [7, 11) is 0. The van der Waals surface area contributed by atoms with Crippen LogP contribution in [0.2, 0.25) is 0 Å². The van der Waals surface area contributed by atoms with Crippen LogP contribution in [0.15, 0.2) is 34.9 Å². The lowest BCUT2D eigenvalue weighted by Gasteiger charge is -2.20. The molecule has 176 valence electrons. The van der Waals surface area contributed by atoms with Gasteiger partial charge in [-0.2, -0.15) is 0 Å². The Hall–Kier alpha value is -3.53. The molecule has 1 aliphatic heterocycles. The van der Waals surface area contributed by atoms with Gasteiger partial charge in [0.2, 0.25) is 17.7 Å². The molecule has 0 spiro atoms. The fraction of sp³-hybridized carbons (Fsp3) is 0.435. The van der Waals surface area contributed by atoms with Gasteiger partial charge in [-0.25, -0.2) is 0 Å². The number of carbonyl (C=O) groups excluding carboxylic acids is 4. The molecule has 2 heterocycles. The zero-order valence-corrected chi connectivity index (χ0v) is 18.8. The second-order valence-corrected chi connectivity index (χ2v) is 7.90. The molecule has 0 saturated carbocycles. The number of Topliss-reactive ketones (excluding diaryl/α,β-unsaturated/α-hetero) is 1. The summed E-state index contributed by atoms with van der Waals surface area (Å²) in [6, 6.07) is 8.04. The minimum absolute atomic E-state index is 0.0133. The van der Waals surface area contributed by atoms with Crippen molar-refractivity contribution in [1.82, 2.24) is 10.5 Å². The van der Waals surface area contributed by atoms with Gasteiger partial charge in [0.25, 0.3) is 0 Å². The van der Waals surface area contributed by atoms with Crippen LogP contribution < -0.4 is 15.5 Å². The Morgan fingerprint density at radius 3 is 2.48 bits per heavy atom. The Morgan fingerprint density at radius 1 is 1.12 bits per heavy atom. The summed E-state index contributed by atoms with van der Waals surface area (Å²) in [6.45, 7) is 3.97. The first-order chi connectivity index (χ1) is 15.8. The molecule has 1 unspecified atom stereocenters. The first-order valence-corrected chi connectivity index (χ1v) is 10.8. The largest absolute Gasteiger partial charge is 0.376 e. The summed E-state index contributed by atoms with van der Waals surface area (Å²) >= 11 is 0. The standard InChI is InChI=1S/C23H28N4O6/c1-15-12-20(26-33-15)27(14-22(30)24-13-19-4-3-11-32-19)23(31)10-9-21(29)25-18-7-5-17(6-8-18)16(2)28/h5-8,12,19H,3-4,9-11,13-14H2,1-2H3,(H,24,30)(H,25,29). The Kier molecular flexibility index (Phi) is 8.31. The molecule has 3 rings (SSSR count). The third-order valence-electron chi connectivity index (χ3n) is 5.19. The molecule has 10 nitrogen and oxygen atoms in total. The van der Waals surface area contributed by atoms with Crippen molar-refractivity contribution in [1.29, 1.82) is 0 Å². The highest BCUT2D eigenvalue weighted by Gasteiger charge is 2.24. The Morgan fingerprint density at radius 2 is 1.88 bits per heavy atom. The smallest absolute Gasteiger partial charge is 0.240 e. The summed E-state index contributed by atoms with van der Waals surface area (Å²) in [5, 5.41) is 9.31. The number of hydrogen-bond donors (Lipinski definition) is 2. The molecule has 1 fully saturated rings. The van der Waals surface area contributed by atoms with E-state index in [2.05, 4.69) is 15.8 Å². The molecule has 2 N–H and O–H groups in total. The van der Waals surface area contributed by atoms with E-state index >= 15 is 0 Å². The molecule has 2 aromatic rings. The minimum Gasteiger partial charge on any atom is -0.376 e. The van der Waals surface area contributed by atoms with E-state index < -0.39 is 5.91 Å². The molecule has 1 saturated heterocycles. The van der Waals surface area contributed by atoms with E-state index in [1.165, 1.54) is 11.8 Å². The zero-order valence-electron chi connectivity index (χ0n) is 18.8. The van der Waals surface area contributed by atoms with Crippen molar-refractivity contribution < 1.29 is 28.4 Å². The van der Waals surface area contributed by atoms with Gasteiger partial charge in [0.15, 0.2) is 11.6 Å². The molecular weight excluding hydrogens is 428 g/mol. The molecule has 1 atom stereocenters. The molecule has 1 aromatic heterocycles. The van der Waals surface area contributed by atoms with Gasteiger partial charge in [-0.05, 0) is 51.0 Å². The van der Waals surface area contributed by atoms with Crippen molar-refractivity contribution in [3.8, 4) is 0 Å². The van der Waals surface area contributed by atoms with E-state index in [1.54, 1.807) is 37.3 Å². The van der Waals surface area contributed by atoms with Crippen molar-refractivity contribution in [2.75, 3.05) is 29.9 Å². The van der Waals surface area contributed by atoms with Gasteiger partial charge >= 0.3 is 0 Å². The topological polar surface area (TPSA) is 131 Å². The quantitative estimate of drug-likeness (QED) is 0.524. The van der Waals surface area contributed by atoms with Crippen molar-refractivity contribution in [2.24, 2.45) is 0 Å². The number of hydrogen-bond acceptors (Lipinski definition) is 7. The number of rotatable bonds is 10. The van der Waals surface area contributed by atoms with E-state index in [-0.39, 0.29) is 48.9 Å². The SMILES string of the molecule is CC(=O)c1ccc(NC(=O)CCC(=O)N(CC(=O)NCC2CCCO2)c2cc(C)on2)cc1. The van der Waals surface area contributed by atoms with Crippen LogP contribution in [0.4, 0.5) is 11.5 Å². The maximum absolute atomic E-state index is 12.8. The molecule has 1 aromatic carbocycles. The lowest BCUT2D eigenvalue weighted by Crippen LogP contribution is -2.43. The highest BCUT2D eigenvalue weighted by atomic mass is 16.5. The molecule has 0 bridgehead atoms. The van der Waals surface area contributed by atoms with Gasteiger partial charge in [-0.3, -0.25) is 24.1 Å². The molecule has 0 radical (unpaired) electrons. The van der Waals surface area contributed by atoms with Gasteiger partial charge < -0.3 is 19.9 Å². The Balaban J connectivity index is 1.54. The van der Waals surface area contributed by atoms with Crippen LogP contribution in [0.25, 0.3) is 0 Å². The maximum atomic E-state index is 12.8. The number of ether oxygens (including phenoxy) is 1. The van der Waals surface area contributed by atoms with Gasteiger partial charge in [0, 0.05) is 43.3 Å². The first-order valence-electron chi connectivity index (χ1n) is 10.8. The molecule has 1 aliphatic rings. The number of nitrogens with zero attached hydrogens (tertiary/aromatic N) is 2. The van der Waals surface area contributed by atoms with E-state index in [0.29, 0.717) is 30.2 Å². The number of nitrogens with one attached hydrogen (secondary N) is 2. The predicted octanol–water partition coefficient (Wildman–Crippen LogP) is 2.23.